The molecule has 0 aliphatic rings. The summed E-state index contributed by atoms with van der Waals surface area (Å²) in [6, 6.07) is 8.60. The van der Waals surface area contributed by atoms with Crippen LogP contribution >= 0.6 is 12.2 Å². The van der Waals surface area contributed by atoms with Crippen molar-refractivity contribution in [1.29, 1.82) is 0 Å². The van der Waals surface area contributed by atoms with Crippen molar-refractivity contribution in [3.05, 3.63) is 35.4 Å². The van der Waals surface area contributed by atoms with Crippen LogP contribution in [0.5, 0.6) is 0 Å². The Morgan fingerprint density at radius 3 is 2.27 bits per heavy atom. The van der Waals surface area contributed by atoms with Gasteiger partial charge in [0.15, 0.2) is 0 Å². The summed E-state index contributed by atoms with van der Waals surface area (Å²) < 4.78 is 11.1. The van der Waals surface area contributed by atoms with E-state index in [1.807, 2.05) is 0 Å². The fourth-order valence-corrected chi connectivity index (χ4v) is 2.35. The third-order valence-electron chi connectivity index (χ3n) is 3.48. The molecule has 0 unspecified atom stereocenters. The highest BCUT2D eigenvalue weighted by Crippen LogP contribution is 2.07. The fraction of sp³-hybridized carbons (Fsp3) is 0.632. The molecule has 2 nitrogen and oxygen atoms in total. The molecule has 0 aromatic heterocycles. The number of benzene rings is 1. The zero-order valence-corrected chi connectivity index (χ0v) is 15.1. The lowest BCUT2D eigenvalue weighted by atomic mass is 10.1. The van der Waals surface area contributed by atoms with Crippen molar-refractivity contribution in [3.8, 4) is 0 Å². The molecule has 0 spiro atoms. The summed E-state index contributed by atoms with van der Waals surface area (Å²) in [6.07, 6.45) is 3.97. The summed E-state index contributed by atoms with van der Waals surface area (Å²) in [4.78, 5) is 1.11. The van der Waals surface area contributed by atoms with Crippen LogP contribution in [0.1, 0.15) is 44.2 Å². The number of rotatable bonds is 12. The second-order valence-electron chi connectivity index (χ2n) is 6.21. The number of hydrogen-bond acceptors (Lipinski definition) is 3. The molecule has 0 heterocycles. The molecule has 0 amide bonds. The Bertz CT molecular complexity index is 412. The minimum absolute atomic E-state index is 0.683. The number of hydrogen-bond donors (Lipinski definition) is 0. The van der Waals surface area contributed by atoms with Crippen LogP contribution in [0.4, 0.5) is 0 Å². The number of thiocarbonyl (C=S) groups is 1. The number of ether oxygens (including phenoxy) is 2. The molecule has 22 heavy (non-hydrogen) atoms. The van der Waals surface area contributed by atoms with E-state index in [9.17, 15) is 0 Å². The Labute approximate surface area is 141 Å². The van der Waals surface area contributed by atoms with E-state index in [-0.39, 0.29) is 0 Å². The van der Waals surface area contributed by atoms with E-state index in [2.05, 4.69) is 45.0 Å². The third kappa shape index (κ3) is 10.0. The van der Waals surface area contributed by atoms with E-state index in [4.69, 9.17) is 21.7 Å². The van der Waals surface area contributed by atoms with Crippen molar-refractivity contribution in [2.45, 2.75) is 46.5 Å². The van der Waals surface area contributed by atoms with Crippen molar-refractivity contribution in [2.24, 2.45) is 5.92 Å². The van der Waals surface area contributed by atoms with Gasteiger partial charge < -0.3 is 9.47 Å². The maximum absolute atomic E-state index is 5.57. The monoisotopic (exact) mass is 322 g/mol. The van der Waals surface area contributed by atoms with Crippen LogP contribution in [0.2, 0.25) is 0 Å². The average molecular weight is 323 g/mol. The predicted octanol–water partition coefficient (Wildman–Crippen LogP) is 4.77. The second kappa shape index (κ2) is 11.8. The molecule has 124 valence electrons. The van der Waals surface area contributed by atoms with Crippen molar-refractivity contribution in [3.63, 3.8) is 0 Å². The zero-order valence-electron chi connectivity index (χ0n) is 14.3. The molecule has 3 heteroatoms. The van der Waals surface area contributed by atoms with Crippen molar-refractivity contribution < 1.29 is 9.47 Å². The lowest BCUT2D eigenvalue weighted by Gasteiger charge is -2.08. The van der Waals surface area contributed by atoms with Crippen LogP contribution in [0.15, 0.2) is 24.3 Å². The molecular weight excluding hydrogens is 292 g/mol. The largest absolute Gasteiger partial charge is 0.379 e. The molecule has 0 radical (unpaired) electrons. The normalized spacial score (nSPS) is 11.1. The van der Waals surface area contributed by atoms with Crippen molar-refractivity contribution >= 4 is 17.1 Å². The Kier molecular flexibility index (Phi) is 10.3. The van der Waals surface area contributed by atoms with Gasteiger partial charge in [0.05, 0.1) is 13.2 Å². The van der Waals surface area contributed by atoms with E-state index in [1.54, 1.807) is 0 Å². The lowest BCUT2D eigenvalue weighted by Crippen LogP contribution is -2.08. The summed E-state index contributed by atoms with van der Waals surface area (Å²) in [5.74, 6) is 0.704. The Balaban J connectivity index is 1.96. The van der Waals surface area contributed by atoms with Gasteiger partial charge >= 0.3 is 0 Å². The van der Waals surface area contributed by atoms with Gasteiger partial charge in [-0.1, -0.05) is 55.9 Å². The molecule has 1 rings (SSSR count). The highest BCUT2D eigenvalue weighted by atomic mass is 32.1. The lowest BCUT2D eigenvalue weighted by molar-refractivity contribution is 0.0436. The van der Waals surface area contributed by atoms with E-state index < -0.39 is 0 Å². The summed E-state index contributed by atoms with van der Waals surface area (Å²) in [5, 5.41) is 0. The highest BCUT2D eigenvalue weighted by Gasteiger charge is 2.00. The van der Waals surface area contributed by atoms with Crippen LogP contribution in [0, 0.1) is 12.8 Å². The van der Waals surface area contributed by atoms with Crippen LogP contribution in [0.3, 0.4) is 0 Å². The van der Waals surface area contributed by atoms with Gasteiger partial charge in [-0.05, 0) is 42.5 Å². The average Bonchev–Trinajstić information content (AvgIpc) is 2.47. The van der Waals surface area contributed by atoms with Gasteiger partial charge in [0, 0.05) is 19.6 Å². The van der Waals surface area contributed by atoms with Gasteiger partial charge in [-0.25, -0.2) is 0 Å². The minimum atomic E-state index is 0.683. The molecular formula is C19H30O2S. The summed E-state index contributed by atoms with van der Waals surface area (Å²) >= 11 is 5.45. The molecule has 0 fully saturated rings. The zero-order chi connectivity index (χ0) is 16.2. The van der Waals surface area contributed by atoms with Crippen LogP contribution < -0.4 is 0 Å². The Morgan fingerprint density at radius 2 is 1.64 bits per heavy atom. The fourth-order valence-electron chi connectivity index (χ4n) is 2.03. The van der Waals surface area contributed by atoms with Gasteiger partial charge in [0.2, 0.25) is 0 Å². The molecule has 0 aliphatic heterocycles. The molecule has 0 N–H and O–H groups in total. The summed E-state index contributed by atoms with van der Waals surface area (Å²) in [6.45, 7) is 9.50. The maximum Gasteiger partial charge on any atom is 0.0700 e. The molecule has 0 aliphatic carbocycles. The SMILES string of the molecule is Cc1ccc(CC(=S)CCCOCCOCCC(C)C)cc1. The van der Waals surface area contributed by atoms with Gasteiger partial charge in [0.25, 0.3) is 0 Å². The van der Waals surface area contributed by atoms with Gasteiger partial charge in [-0.3, -0.25) is 0 Å². The smallest absolute Gasteiger partial charge is 0.0700 e. The van der Waals surface area contributed by atoms with Gasteiger partial charge in [0.1, 0.15) is 0 Å². The van der Waals surface area contributed by atoms with Crippen molar-refractivity contribution in [2.75, 3.05) is 26.4 Å². The topological polar surface area (TPSA) is 18.5 Å². The molecule has 0 saturated carbocycles. The van der Waals surface area contributed by atoms with E-state index >= 15 is 0 Å². The maximum atomic E-state index is 5.57. The Hall–Kier alpha value is -0.770. The first kappa shape index (κ1) is 19.3. The minimum Gasteiger partial charge on any atom is -0.379 e. The third-order valence-corrected chi connectivity index (χ3v) is 3.83. The quantitative estimate of drug-likeness (QED) is 0.408. The van der Waals surface area contributed by atoms with E-state index in [0.717, 1.165) is 43.8 Å². The predicted molar refractivity (Wildman–Crippen MR) is 97.8 cm³/mol. The molecule has 1 aromatic rings. The molecule has 0 saturated heterocycles. The first-order valence-electron chi connectivity index (χ1n) is 8.30. The molecule has 1 aromatic carbocycles. The van der Waals surface area contributed by atoms with Crippen LogP contribution in [-0.4, -0.2) is 31.3 Å². The number of aryl methyl sites for hydroxylation is 1. The standard InChI is InChI=1S/C19H30O2S/c1-16(2)10-12-21-14-13-20-11-4-5-19(22)15-18-8-6-17(3)7-9-18/h6-9,16H,4-5,10-15H2,1-3H3. The van der Waals surface area contributed by atoms with Crippen LogP contribution in [0.25, 0.3) is 0 Å². The summed E-state index contributed by atoms with van der Waals surface area (Å²) in [7, 11) is 0. The van der Waals surface area contributed by atoms with Gasteiger partial charge in [-0.15, -0.1) is 0 Å². The summed E-state index contributed by atoms with van der Waals surface area (Å²) in [5.41, 5.74) is 2.59. The highest BCUT2D eigenvalue weighted by molar-refractivity contribution is 7.80. The first-order valence-corrected chi connectivity index (χ1v) is 8.71. The van der Waals surface area contributed by atoms with E-state index in [1.165, 1.54) is 11.1 Å². The van der Waals surface area contributed by atoms with Gasteiger partial charge in [-0.2, -0.15) is 0 Å². The first-order chi connectivity index (χ1) is 10.6. The van der Waals surface area contributed by atoms with Crippen LogP contribution in [-0.2, 0) is 15.9 Å². The molecule has 0 atom stereocenters. The van der Waals surface area contributed by atoms with Crippen molar-refractivity contribution in [1.82, 2.24) is 0 Å². The second-order valence-corrected chi connectivity index (χ2v) is 6.79. The Morgan fingerprint density at radius 1 is 1.00 bits per heavy atom. The van der Waals surface area contributed by atoms with E-state index in [0.29, 0.717) is 19.1 Å². The molecule has 0 bridgehead atoms.